The summed E-state index contributed by atoms with van der Waals surface area (Å²) in [6.07, 6.45) is 1.63. The fraction of sp³-hybridized carbons (Fsp3) is 0.158. The number of carbonyl (C=O) groups excluding carboxylic acids is 1. The SMILES string of the molecule is Cc1cccc(NC(=O)Cn2ccc(=O)c3cc(Cl)ccc32)c1C. The van der Waals surface area contributed by atoms with Crippen LogP contribution in [0.1, 0.15) is 11.1 Å². The van der Waals surface area contributed by atoms with Crippen LogP contribution in [0.3, 0.4) is 0 Å². The maximum atomic E-state index is 12.4. The Bertz CT molecular complexity index is 992. The lowest BCUT2D eigenvalue weighted by Crippen LogP contribution is -2.20. The van der Waals surface area contributed by atoms with Crippen molar-refractivity contribution in [2.75, 3.05) is 5.32 Å². The van der Waals surface area contributed by atoms with Crippen LogP contribution in [-0.4, -0.2) is 10.5 Å². The van der Waals surface area contributed by atoms with Gasteiger partial charge in [0.1, 0.15) is 6.54 Å². The van der Waals surface area contributed by atoms with Crippen molar-refractivity contribution in [1.82, 2.24) is 4.57 Å². The molecule has 0 saturated carbocycles. The van der Waals surface area contributed by atoms with Gasteiger partial charge in [-0.3, -0.25) is 9.59 Å². The molecule has 3 aromatic rings. The Morgan fingerprint density at radius 2 is 1.96 bits per heavy atom. The quantitative estimate of drug-likeness (QED) is 0.786. The van der Waals surface area contributed by atoms with E-state index in [4.69, 9.17) is 11.6 Å². The second-order valence-corrected chi connectivity index (χ2v) is 6.20. The number of nitrogens with zero attached hydrogens (tertiary/aromatic N) is 1. The van der Waals surface area contributed by atoms with Gasteiger partial charge in [0.05, 0.1) is 5.52 Å². The largest absolute Gasteiger partial charge is 0.338 e. The van der Waals surface area contributed by atoms with E-state index in [1.54, 1.807) is 29.0 Å². The average Bonchev–Trinajstić information content (AvgIpc) is 2.55. The Kier molecular flexibility index (Phi) is 4.40. The van der Waals surface area contributed by atoms with Crippen LogP contribution in [0.2, 0.25) is 5.02 Å². The zero-order valence-corrected chi connectivity index (χ0v) is 14.2. The summed E-state index contributed by atoms with van der Waals surface area (Å²) < 4.78 is 1.74. The average molecular weight is 341 g/mol. The fourth-order valence-electron chi connectivity index (χ4n) is 2.65. The Morgan fingerprint density at radius 3 is 2.75 bits per heavy atom. The highest BCUT2D eigenvalue weighted by Gasteiger charge is 2.09. The van der Waals surface area contributed by atoms with Gasteiger partial charge in [0, 0.05) is 28.4 Å². The summed E-state index contributed by atoms with van der Waals surface area (Å²) in [7, 11) is 0. The van der Waals surface area contributed by atoms with Gasteiger partial charge in [-0.2, -0.15) is 0 Å². The number of hydrogen-bond donors (Lipinski definition) is 1. The highest BCUT2D eigenvalue weighted by atomic mass is 35.5. The number of anilines is 1. The van der Waals surface area contributed by atoms with Crippen LogP contribution in [0.25, 0.3) is 10.9 Å². The number of aromatic nitrogens is 1. The van der Waals surface area contributed by atoms with Crippen molar-refractivity contribution in [1.29, 1.82) is 0 Å². The molecule has 0 fully saturated rings. The molecule has 2 aromatic carbocycles. The fourth-order valence-corrected chi connectivity index (χ4v) is 2.82. The number of benzene rings is 2. The molecule has 122 valence electrons. The zero-order valence-electron chi connectivity index (χ0n) is 13.5. The van der Waals surface area contributed by atoms with E-state index in [9.17, 15) is 9.59 Å². The second kappa shape index (κ2) is 6.49. The van der Waals surface area contributed by atoms with Gasteiger partial charge in [-0.05, 0) is 49.2 Å². The molecular formula is C19H17ClN2O2. The summed E-state index contributed by atoms with van der Waals surface area (Å²) in [5.41, 5.74) is 3.54. The van der Waals surface area contributed by atoms with Gasteiger partial charge in [0.2, 0.25) is 5.91 Å². The minimum absolute atomic E-state index is 0.112. The van der Waals surface area contributed by atoms with Crippen molar-refractivity contribution in [3.8, 4) is 0 Å². The zero-order chi connectivity index (χ0) is 17.3. The first-order valence-electron chi connectivity index (χ1n) is 7.60. The van der Waals surface area contributed by atoms with Crippen molar-refractivity contribution in [2.24, 2.45) is 0 Å². The number of halogens is 1. The highest BCUT2D eigenvalue weighted by molar-refractivity contribution is 6.31. The molecule has 1 amide bonds. The normalized spacial score (nSPS) is 10.8. The molecule has 0 aliphatic rings. The van der Waals surface area contributed by atoms with Gasteiger partial charge in [-0.1, -0.05) is 23.7 Å². The van der Waals surface area contributed by atoms with E-state index in [1.165, 1.54) is 6.07 Å². The lowest BCUT2D eigenvalue weighted by atomic mass is 10.1. The molecule has 1 N–H and O–H groups in total. The Labute approximate surface area is 144 Å². The van der Waals surface area contributed by atoms with E-state index in [2.05, 4.69) is 5.32 Å². The third-order valence-electron chi connectivity index (χ3n) is 4.13. The van der Waals surface area contributed by atoms with E-state index >= 15 is 0 Å². The molecule has 3 rings (SSSR count). The van der Waals surface area contributed by atoms with Crippen molar-refractivity contribution in [2.45, 2.75) is 20.4 Å². The van der Waals surface area contributed by atoms with E-state index < -0.39 is 0 Å². The molecule has 0 aliphatic heterocycles. The van der Waals surface area contributed by atoms with Crippen LogP contribution in [0, 0.1) is 13.8 Å². The van der Waals surface area contributed by atoms with Crippen molar-refractivity contribution in [3.05, 3.63) is 75.0 Å². The molecule has 4 nitrogen and oxygen atoms in total. The third kappa shape index (κ3) is 3.19. The number of amides is 1. The van der Waals surface area contributed by atoms with Crippen LogP contribution in [0.5, 0.6) is 0 Å². The van der Waals surface area contributed by atoms with E-state index in [1.807, 2.05) is 32.0 Å². The lowest BCUT2D eigenvalue weighted by molar-refractivity contribution is -0.116. The predicted molar refractivity (Wildman–Crippen MR) is 97.8 cm³/mol. The number of fused-ring (bicyclic) bond motifs is 1. The molecule has 0 unspecified atom stereocenters. The summed E-state index contributed by atoms with van der Waals surface area (Å²) in [5.74, 6) is -0.149. The number of nitrogens with one attached hydrogen (secondary N) is 1. The first kappa shape index (κ1) is 16.3. The topological polar surface area (TPSA) is 51.1 Å². The molecule has 0 radical (unpaired) electrons. The van der Waals surface area contributed by atoms with E-state index in [0.717, 1.165) is 16.8 Å². The van der Waals surface area contributed by atoms with Crippen LogP contribution in [0.15, 0.2) is 53.5 Å². The summed E-state index contributed by atoms with van der Waals surface area (Å²) in [6, 6.07) is 12.3. The number of hydrogen-bond acceptors (Lipinski definition) is 2. The molecule has 5 heteroatoms. The molecule has 24 heavy (non-hydrogen) atoms. The van der Waals surface area contributed by atoms with Gasteiger partial charge in [-0.25, -0.2) is 0 Å². The summed E-state index contributed by atoms with van der Waals surface area (Å²) in [4.78, 5) is 24.4. The predicted octanol–water partition coefficient (Wildman–Crippen LogP) is 3.91. The standard InChI is InChI=1S/C19H17ClN2O2/c1-12-4-3-5-16(13(12)2)21-19(24)11-22-9-8-18(23)15-10-14(20)6-7-17(15)22/h3-10H,11H2,1-2H3,(H,21,24). The van der Waals surface area contributed by atoms with Crippen molar-refractivity contribution >= 4 is 34.1 Å². The van der Waals surface area contributed by atoms with Gasteiger partial charge < -0.3 is 9.88 Å². The Hall–Kier alpha value is -2.59. The minimum atomic E-state index is -0.149. The highest BCUT2D eigenvalue weighted by Crippen LogP contribution is 2.19. The first-order valence-corrected chi connectivity index (χ1v) is 7.98. The summed E-state index contributed by atoms with van der Waals surface area (Å²) in [5, 5.41) is 3.93. The molecule has 0 aliphatic carbocycles. The molecule has 1 aromatic heterocycles. The van der Waals surface area contributed by atoms with Crippen LogP contribution in [-0.2, 0) is 11.3 Å². The van der Waals surface area contributed by atoms with Gasteiger partial charge >= 0.3 is 0 Å². The number of aryl methyl sites for hydroxylation is 1. The van der Waals surface area contributed by atoms with Gasteiger partial charge in [0.25, 0.3) is 0 Å². The van der Waals surface area contributed by atoms with Crippen LogP contribution in [0.4, 0.5) is 5.69 Å². The third-order valence-corrected chi connectivity index (χ3v) is 4.37. The molecule has 0 bridgehead atoms. The summed E-state index contributed by atoms with van der Waals surface area (Å²) in [6.45, 7) is 4.09. The number of carbonyl (C=O) groups is 1. The Balaban J connectivity index is 1.90. The minimum Gasteiger partial charge on any atom is -0.338 e. The monoisotopic (exact) mass is 340 g/mol. The Morgan fingerprint density at radius 1 is 1.17 bits per heavy atom. The van der Waals surface area contributed by atoms with E-state index in [-0.39, 0.29) is 17.9 Å². The molecular weight excluding hydrogens is 324 g/mol. The lowest BCUT2D eigenvalue weighted by Gasteiger charge is -2.13. The molecule has 0 spiro atoms. The van der Waals surface area contributed by atoms with Crippen LogP contribution < -0.4 is 10.7 Å². The molecule has 0 atom stereocenters. The van der Waals surface area contributed by atoms with Gasteiger partial charge in [-0.15, -0.1) is 0 Å². The van der Waals surface area contributed by atoms with Gasteiger partial charge in [0.15, 0.2) is 5.43 Å². The van der Waals surface area contributed by atoms with E-state index in [0.29, 0.717) is 15.9 Å². The van der Waals surface area contributed by atoms with Crippen molar-refractivity contribution in [3.63, 3.8) is 0 Å². The molecule has 1 heterocycles. The van der Waals surface area contributed by atoms with Crippen LogP contribution >= 0.6 is 11.6 Å². The summed E-state index contributed by atoms with van der Waals surface area (Å²) >= 11 is 5.96. The molecule has 0 saturated heterocycles. The smallest absolute Gasteiger partial charge is 0.244 e. The number of pyridine rings is 1. The number of rotatable bonds is 3. The first-order chi connectivity index (χ1) is 11.5. The maximum absolute atomic E-state index is 12.4. The maximum Gasteiger partial charge on any atom is 0.244 e. The van der Waals surface area contributed by atoms with Crippen molar-refractivity contribution < 1.29 is 4.79 Å². The second-order valence-electron chi connectivity index (χ2n) is 5.77.